The Bertz CT molecular complexity index is 1180. The van der Waals surface area contributed by atoms with Crippen LogP contribution in [0.4, 0.5) is 4.39 Å². The number of carbonyl (C=O) groups excluding carboxylic acids is 1. The van der Waals surface area contributed by atoms with Gasteiger partial charge in [-0.15, -0.1) is 0 Å². The van der Waals surface area contributed by atoms with Crippen LogP contribution in [0.1, 0.15) is 31.9 Å². The highest BCUT2D eigenvalue weighted by molar-refractivity contribution is 5.75. The van der Waals surface area contributed by atoms with E-state index in [-0.39, 0.29) is 30.5 Å². The summed E-state index contributed by atoms with van der Waals surface area (Å²) >= 11 is 0. The highest BCUT2D eigenvalue weighted by Gasteiger charge is 2.20. The molecule has 0 aliphatic carbocycles. The Balaban J connectivity index is 1.67. The average molecular weight is 483 g/mol. The number of rotatable bonds is 12. The molecule has 0 amide bonds. The van der Waals surface area contributed by atoms with Crippen LogP contribution in [-0.2, 0) is 33.7 Å². The summed E-state index contributed by atoms with van der Waals surface area (Å²) in [4.78, 5) is 29.0. The quantitative estimate of drug-likeness (QED) is 0.360. The maximum atomic E-state index is 13.7. The lowest BCUT2D eigenvalue weighted by molar-refractivity contribution is -0.156. The van der Waals surface area contributed by atoms with Gasteiger partial charge in [0, 0.05) is 30.9 Å². The Morgan fingerprint density at radius 2 is 1.83 bits per heavy atom. The van der Waals surface area contributed by atoms with Crippen LogP contribution >= 0.6 is 0 Å². The van der Waals surface area contributed by atoms with E-state index in [2.05, 4.69) is 4.98 Å². The highest BCUT2D eigenvalue weighted by atomic mass is 19.1. The maximum Gasteiger partial charge on any atom is 0.335 e. The zero-order chi connectivity index (χ0) is 25.2. The van der Waals surface area contributed by atoms with Crippen LogP contribution in [0.25, 0.3) is 11.4 Å². The van der Waals surface area contributed by atoms with Gasteiger partial charge in [0.1, 0.15) is 24.0 Å². The van der Waals surface area contributed by atoms with Crippen molar-refractivity contribution in [2.24, 2.45) is 0 Å². The fourth-order valence-electron chi connectivity index (χ4n) is 3.78. The molecule has 2 aromatic carbocycles. The first-order valence-electron chi connectivity index (χ1n) is 11.8. The van der Waals surface area contributed by atoms with Crippen molar-refractivity contribution in [3.63, 3.8) is 0 Å². The van der Waals surface area contributed by atoms with Crippen molar-refractivity contribution in [2.75, 3.05) is 19.8 Å². The van der Waals surface area contributed by atoms with Gasteiger partial charge in [-0.3, -0.25) is 9.36 Å². The zero-order valence-corrected chi connectivity index (χ0v) is 20.3. The second-order valence-electron chi connectivity index (χ2n) is 7.81. The number of hydrogen-bond donors (Lipinski definition) is 0. The van der Waals surface area contributed by atoms with Gasteiger partial charge in [0.05, 0.1) is 13.2 Å². The monoisotopic (exact) mass is 482 g/mol. The molecule has 0 saturated carbocycles. The molecule has 1 atom stereocenters. The van der Waals surface area contributed by atoms with Gasteiger partial charge in [-0.05, 0) is 61.7 Å². The van der Waals surface area contributed by atoms with Crippen LogP contribution in [0.5, 0.6) is 5.75 Å². The minimum absolute atomic E-state index is 0.207. The van der Waals surface area contributed by atoms with Crippen LogP contribution in [0.2, 0.25) is 0 Å². The summed E-state index contributed by atoms with van der Waals surface area (Å²) in [5.41, 5.74) is 2.21. The Kier molecular flexibility index (Phi) is 9.55. The molecule has 7 nitrogen and oxygen atoms in total. The molecule has 35 heavy (non-hydrogen) atoms. The van der Waals surface area contributed by atoms with E-state index in [0.717, 1.165) is 16.7 Å². The van der Waals surface area contributed by atoms with Gasteiger partial charge in [0.15, 0.2) is 6.10 Å². The van der Waals surface area contributed by atoms with E-state index in [4.69, 9.17) is 14.2 Å². The standard InChI is InChI=1S/C27H31FN2O5/c1-4-20-18-21(28)9-12-23(20)26-29-14-13-25(31)30(26)15-16-35-22-10-7-19(8-11-22)17-24(33-5-2)27(32)34-6-3/h7-14,18,24H,4-6,15-17H2,1-3H3. The summed E-state index contributed by atoms with van der Waals surface area (Å²) in [6, 6.07) is 13.2. The lowest BCUT2D eigenvalue weighted by atomic mass is 10.0. The Labute approximate surface area is 204 Å². The molecule has 8 heteroatoms. The van der Waals surface area contributed by atoms with Crippen LogP contribution < -0.4 is 10.3 Å². The summed E-state index contributed by atoms with van der Waals surface area (Å²) in [5.74, 6) is 0.415. The van der Waals surface area contributed by atoms with Gasteiger partial charge >= 0.3 is 5.97 Å². The Morgan fingerprint density at radius 1 is 1.06 bits per heavy atom. The predicted octanol–water partition coefficient (Wildman–Crippen LogP) is 4.20. The smallest absolute Gasteiger partial charge is 0.335 e. The summed E-state index contributed by atoms with van der Waals surface area (Å²) < 4.78 is 31.7. The summed E-state index contributed by atoms with van der Waals surface area (Å²) in [6.07, 6.45) is 1.82. The number of hydrogen-bond acceptors (Lipinski definition) is 6. The second kappa shape index (κ2) is 12.8. The third-order valence-corrected chi connectivity index (χ3v) is 5.47. The molecule has 0 bridgehead atoms. The lowest BCUT2D eigenvalue weighted by Gasteiger charge is -2.16. The third kappa shape index (κ3) is 6.99. The number of benzene rings is 2. The number of aryl methyl sites for hydroxylation is 1. The average Bonchev–Trinajstić information content (AvgIpc) is 2.86. The second-order valence-corrected chi connectivity index (χ2v) is 7.81. The molecule has 0 aliphatic rings. The fraction of sp³-hybridized carbons (Fsp3) is 0.370. The van der Waals surface area contributed by atoms with Crippen molar-refractivity contribution in [1.82, 2.24) is 9.55 Å². The molecule has 186 valence electrons. The number of aromatic nitrogens is 2. The minimum Gasteiger partial charge on any atom is -0.492 e. The van der Waals surface area contributed by atoms with E-state index in [9.17, 15) is 14.0 Å². The number of ether oxygens (including phenoxy) is 3. The number of nitrogens with zero attached hydrogens (tertiary/aromatic N) is 2. The topological polar surface area (TPSA) is 79.7 Å². The molecule has 0 spiro atoms. The predicted molar refractivity (Wildman–Crippen MR) is 131 cm³/mol. The molecule has 1 aromatic heterocycles. The number of esters is 1. The minimum atomic E-state index is -0.651. The van der Waals surface area contributed by atoms with Gasteiger partial charge in [0.25, 0.3) is 5.56 Å². The van der Waals surface area contributed by atoms with E-state index in [1.807, 2.05) is 38.1 Å². The number of halogens is 1. The van der Waals surface area contributed by atoms with E-state index in [1.54, 1.807) is 13.0 Å². The molecule has 0 fully saturated rings. The fourth-order valence-corrected chi connectivity index (χ4v) is 3.78. The van der Waals surface area contributed by atoms with Crippen LogP contribution in [-0.4, -0.2) is 41.4 Å². The van der Waals surface area contributed by atoms with Gasteiger partial charge in [-0.1, -0.05) is 19.1 Å². The Hall–Kier alpha value is -3.52. The molecule has 3 aromatic rings. The summed E-state index contributed by atoms with van der Waals surface area (Å²) in [7, 11) is 0. The maximum absolute atomic E-state index is 13.7. The van der Waals surface area contributed by atoms with Crippen molar-refractivity contribution >= 4 is 5.97 Å². The molecule has 1 heterocycles. The molecule has 0 N–H and O–H groups in total. The van der Waals surface area contributed by atoms with Gasteiger partial charge in [0.2, 0.25) is 0 Å². The lowest BCUT2D eigenvalue weighted by Crippen LogP contribution is -2.29. The number of carbonyl (C=O) groups is 1. The van der Waals surface area contributed by atoms with Crippen molar-refractivity contribution in [3.05, 3.63) is 82.0 Å². The molecule has 0 saturated heterocycles. The van der Waals surface area contributed by atoms with Crippen molar-refractivity contribution in [1.29, 1.82) is 0 Å². The van der Waals surface area contributed by atoms with E-state index in [0.29, 0.717) is 37.6 Å². The third-order valence-electron chi connectivity index (χ3n) is 5.47. The first-order valence-corrected chi connectivity index (χ1v) is 11.8. The highest BCUT2D eigenvalue weighted by Crippen LogP contribution is 2.23. The molecule has 0 radical (unpaired) electrons. The van der Waals surface area contributed by atoms with E-state index < -0.39 is 6.10 Å². The summed E-state index contributed by atoms with van der Waals surface area (Å²) in [6.45, 7) is 6.76. The Morgan fingerprint density at radius 3 is 2.51 bits per heavy atom. The van der Waals surface area contributed by atoms with Crippen molar-refractivity contribution < 1.29 is 23.4 Å². The van der Waals surface area contributed by atoms with E-state index in [1.165, 1.54) is 29.0 Å². The normalized spacial score (nSPS) is 11.8. The van der Waals surface area contributed by atoms with Gasteiger partial charge < -0.3 is 14.2 Å². The molecular weight excluding hydrogens is 451 g/mol. The first-order chi connectivity index (χ1) is 17.0. The van der Waals surface area contributed by atoms with E-state index >= 15 is 0 Å². The zero-order valence-electron chi connectivity index (χ0n) is 20.3. The summed E-state index contributed by atoms with van der Waals surface area (Å²) in [5, 5.41) is 0. The van der Waals surface area contributed by atoms with Gasteiger partial charge in [-0.2, -0.15) is 0 Å². The van der Waals surface area contributed by atoms with Crippen LogP contribution in [0, 0.1) is 5.82 Å². The molecule has 3 rings (SSSR count). The van der Waals surface area contributed by atoms with Crippen molar-refractivity contribution in [3.8, 4) is 17.1 Å². The van der Waals surface area contributed by atoms with Gasteiger partial charge in [-0.25, -0.2) is 14.2 Å². The molecule has 0 aliphatic heterocycles. The van der Waals surface area contributed by atoms with Crippen LogP contribution in [0.15, 0.2) is 59.5 Å². The van der Waals surface area contributed by atoms with Crippen LogP contribution in [0.3, 0.4) is 0 Å². The molecule has 1 unspecified atom stereocenters. The first kappa shape index (κ1) is 26.1. The molecular formula is C27H31FN2O5. The largest absolute Gasteiger partial charge is 0.492 e. The SMILES string of the molecule is CCOC(=O)C(Cc1ccc(OCCn2c(-c3ccc(F)cc3CC)nccc2=O)cc1)OCC. The van der Waals surface area contributed by atoms with Crippen molar-refractivity contribution in [2.45, 2.75) is 46.3 Å².